The van der Waals surface area contributed by atoms with Crippen LogP contribution in [0.3, 0.4) is 0 Å². The molecule has 1 atom stereocenters. The SMILES string of the molecule is CSc1ncc(CNC(=O)c2cn(CC[C@H]3CCCCN3)nn2)n1C. The Labute approximate surface area is 151 Å². The summed E-state index contributed by atoms with van der Waals surface area (Å²) in [6.45, 7) is 2.29. The molecule has 9 heteroatoms. The van der Waals surface area contributed by atoms with Crippen molar-refractivity contribution in [1.29, 1.82) is 0 Å². The van der Waals surface area contributed by atoms with Gasteiger partial charge in [-0.2, -0.15) is 0 Å². The van der Waals surface area contributed by atoms with Gasteiger partial charge in [0.15, 0.2) is 10.9 Å². The monoisotopic (exact) mass is 363 g/mol. The second-order valence-corrected chi connectivity index (χ2v) is 7.05. The molecule has 0 aliphatic carbocycles. The van der Waals surface area contributed by atoms with Gasteiger partial charge in [0.05, 0.1) is 24.6 Å². The van der Waals surface area contributed by atoms with Crippen LogP contribution in [0.4, 0.5) is 0 Å². The summed E-state index contributed by atoms with van der Waals surface area (Å²) in [5, 5.41) is 15.4. The average molecular weight is 363 g/mol. The molecule has 25 heavy (non-hydrogen) atoms. The van der Waals surface area contributed by atoms with Crippen LogP contribution >= 0.6 is 11.8 Å². The first kappa shape index (κ1) is 17.9. The van der Waals surface area contributed by atoms with Crippen molar-refractivity contribution < 1.29 is 4.79 Å². The Morgan fingerprint density at radius 1 is 1.48 bits per heavy atom. The zero-order chi connectivity index (χ0) is 17.6. The molecule has 0 bridgehead atoms. The van der Waals surface area contributed by atoms with Gasteiger partial charge in [-0.25, -0.2) is 4.98 Å². The quantitative estimate of drug-likeness (QED) is 0.719. The van der Waals surface area contributed by atoms with Gasteiger partial charge >= 0.3 is 0 Å². The lowest BCUT2D eigenvalue weighted by Gasteiger charge is -2.23. The van der Waals surface area contributed by atoms with Gasteiger partial charge in [0.2, 0.25) is 0 Å². The lowest BCUT2D eigenvalue weighted by Crippen LogP contribution is -2.34. The van der Waals surface area contributed by atoms with Crippen LogP contribution in [-0.4, -0.2) is 49.3 Å². The summed E-state index contributed by atoms with van der Waals surface area (Å²) in [4.78, 5) is 16.5. The first-order valence-electron chi connectivity index (χ1n) is 8.63. The van der Waals surface area contributed by atoms with Crippen LogP contribution < -0.4 is 10.6 Å². The third-order valence-corrected chi connectivity index (χ3v) is 5.29. The number of thioether (sulfide) groups is 1. The molecule has 1 amide bonds. The Morgan fingerprint density at radius 2 is 2.36 bits per heavy atom. The second-order valence-electron chi connectivity index (χ2n) is 6.28. The highest BCUT2D eigenvalue weighted by Gasteiger charge is 2.15. The number of nitrogens with zero attached hydrogens (tertiary/aromatic N) is 5. The van der Waals surface area contributed by atoms with Crippen LogP contribution in [0.15, 0.2) is 17.6 Å². The van der Waals surface area contributed by atoms with E-state index >= 15 is 0 Å². The standard InChI is InChI=1S/C16H25N7OS/c1-22-13(10-19-16(22)25-2)9-18-15(24)14-11-23(21-20-14)8-6-12-5-3-4-7-17-12/h10-12,17H,3-9H2,1-2H3,(H,18,24)/t12-/m1/s1. The van der Waals surface area contributed by atoms with Gasteiger partial charge in [0, 0.05) is 19.6 Å². The van der Waals surface area contributed by atoms with Crippen LogP contribution in [0, 0.1) is 0 Å². The van der Waals surface area contributed by atoms with Crippen molar-refractivity contribution in [2.24, 2.45) is 7.05 Å². The third kappa shape index (κ3) is 4.60. The molecule has 0 unspecified atom stereocenters. The molecule has 1 aliphatic heterocycles. The molecule has 8 nitrogen and oxygen atoms in total. The summed E-state index contributed by atoms with van der Waals surface area (Å²) in [6.07, 6.45) is 10.2. The minimum absolute atomic E-state index is 0.214. The van der Waals surface area contributed by atoms with Gasteiger partial charge in [-0.15, -0.1) is 5.10 Å². The van der Waals surface area contributed by atoms with Gasteiger partial charge in [0.1, 0.15) is 0 Å². The van der Waals surface area contributed by atoms with E-state index in [1.807, 2.05) is 17.9 Å². The van der Waals surface area contributed by atoms with Crippen LogP contribution in [0.5, 0.6) is 0 Å². The summed E-state index contributed by atoms with van der Waals surface area (Å²) in [5.74, 6) is -0.214. The van der Waals surface area contributed by atoms with Crippen LogP contribution in [-0.2, 0) is 20.1 Å². The largest absolute Gasteiger partial charge is 0.345 e. The van der Waals surface area contributed by atoms with E-state index in [9.17, 15) is 4.79 Å². The minimum Gasteiger partial charge on any atom is -0.345 e. The lowest BCUT2D eigenvalue weighted by atomic mass is 10.0. The maximum atomic E-state index is 12.3. The number of hydrogen-bond acceptors (Lipinski definition) is 6. The molecule has 2 aromatic heterocycles. The Bertz CT molecular complexity index is 705. The average Bonchev–Trinajstić information content (AvgIpc) is 3.25. The molecule has 0 saturated carbocycles. The summed E-state index contributed by atoms with van der Waals surface area (Å²) < 4.78 is 3.72. The number of aromatic nitrogens is 5. The summed E-state index contributed by atoms with van der Waals surface area (Å²) >= 11 is 1.58. The second kappa shape index (κ2) is 8.48. The molecule has 1 saturated heterocycles. The van der Waals surface area contributed by atoms with Crippen LogP contribution in [0.25, 0.3) is 0 Å². The molecule has 2 N–H and O–H groups in total. The first-order valence-corrected chi connectivity index (χ1v) is 9.86. The topological polar surface area (TPSA) is 89.7 Å². The van der Waals surface area contributed by atoms with Crippen molar-refractivity contribution in [3.8, 4) is 0 Å². The number of hydrogen-bond donors (Lipinski definition) is 2. The molecule has 136 valence electrons. The maximum absolute atomic E-state index is 12.3. The number of aryl methyl sites for hydroxylation is 1. The van der Waals surface area contributed by atoms with Crippen molar-refractivity contribution in [3.05, 3.63) is 23.8 Å². The van der Waals surface area contributed by atoms with Gasteiger partial charge in [-0.1, -0.05) is 23.4 Å². The fourth-order valence-corrected chi connectivity index (χ4v) is 3.56. The number of piperidine rings is 1. The molecule has 3 heterocycles. The number of imidazole rings is 1. The zero-order valence-corrected chi connectivity index (χ0v) is 15.6. The van der Waals surface area contributed by atoms with Crippen molar-refractivity contribution >= 4 is 17.7 Å². The third-order valence-electron chi connectivity index (χ3n) is 4.54. The Morgan fingerprint density at radius 3 is 3.08 bits per heavy atom. The molecular formula is C16H25N7OS. The fraction of sp³-hybridized carbons (Fsp3) is 0.625. The number of amides is 1. The van der Waals surface area contributed by atoms with E-state index < -0.39 is 0 Å². The van der Waals surface area contributed by atoms with E-state index in [0.717, 1.165) is 30.4 Å². The number of nitrogens with one attached hydrogen (secondary N) is 2. The van der Waals surface area contributed by atoms with Gasteiger partial charge in [-0.3, -0.25) is 9.48 Å². The van der Waals surface area contributed by atoms with E-state index in [0.29, 0.717) is 18.3 Å². The van der Waals surface area contributed by atoms with E-state index in [2.05, 4.69) is 25.9 Å². The van der Waals surface area contributed by atoms with Gasteiger partial charge in [0.25, 0.3) is 5.91 Å². The molecule has 2 aromatic rings. The Kier molecular flexibility index (Phi) is 6.09. The number of carbonyl (C=O) groups is 1. The molecule has 1 fully saturated rings. The predicted molar refractivity (Wildman–Crippen MR) is 96.4 cm³/mol. The number of carbonyl (C=O) groups excluding carboxylic acids is 1. The fourth-order valence-electron chi connectivity index (χ4n) is 3.01. The van der Waals surface area contributed by atoms with Crippen LogP contribution in [0.2, 0.25) is 0 Å². The van der Waals surface area contributed by atoms with Gasteiger partial charge in [-0.05, 0) is 32.1 Å². The Hall–Kier alpha value is -1.87. The van der Waals surface area contributed by atoms with E-state index in [1.165, 1.54) is 19.3 Å². The number of rotatable bonds is 7. The van der Waals surface area contributed by atoms with E-state index in [-0.39, 0.29) is 5.91 Å². The highest BCUT2D eigenvalue weighted by atomic mass is 32.2. The summed E-state index contributed by atoms with van der Waals surface area (Å²) in [6, 6.07) is 0.547. The lowest BCUT2D eigenvalue weighted by molar-refractivity contribution is 0.0945. The molecular weight excluding hydrogens is 338 g/mol. The smallest absolute Gasteiger partial charge is 0.273 e. The molecule has 3 rings (SSSR count). The Balaban J connectivity index is 1.49. The summed E-state index contributed by atoms with van der Waals surface area (Å²) in [7, 11) is 1.94. The highest BCUT2D eigenvalue weighted by Crippen LogP contribution is 2.13. The van der Waals surface area contributed by atoms with E-state index in [4.69, 9.17) is 0 Å². The molecule has 0 aromatic carbocycles. The maximum Gasteiger partial charge on any atom is 0.273 e. The first-order chi connectivity index (χ1) is 12.2. The summed E-state index contributed by atoms with van der Waals surface area (Å²) in [5.41, 5.74) is 1.30. The van der Waals surface area contributed by atoms with Crippen molar-refractivity contribution in [1.82, 2.24) is 35.2 Å². The minimum atomic E-state index is -0.214. The highest BCUT2D eigenvalue weighted by molar-refractivity contribution is 7.98. The van der Waals surface area contributed by atoms with Crippen molar-refractivity contribution in [3.63, 3.8) is 0 Å². The normalized spacial score (nSPS) is 17.6. The van der Waals surface area contributed by atoms with Crippen molar-refractivity contribution in [2.45, 2.75) is 50.0 Å². The predicted octanol–water partition coefficient (Wildman–Crippen LogP) is 1.20. The zero-order valence-electron chi connectivity index (χ0n) is 14.7. The van der Waals surface area contributed by atoms with Gasteiger partial charge < -0.3 is 15.2 Å². The molecule has 1 aliphatic rings. The van der Waals surface area contributed by atoms with Crippen molar-refractivity contribution in [2.75, 3.05) is 12.8 Å². The van der Waals surface area contributed by atoms with E-state index in [1.54, 1.807) is 28.8 Å². The molecule has 0 radical (unpaired) electrons. The molecule has 0 spiro atoms. The van der Waals surface area contributed by atoms with Crippen LogP contribution in [0.1, 0.15) is 41.9 Å².